The molecule has 0 spiro atoms. The van der Waals surface area contributed by atoms with E-state index in [1.54, 1.807) is 0 Å². The second kappa shape index (κ2) is 11.2. The Hall–Kier alpha value is 0.492. The Morgan fingerprint density at radius 3 is 1.58 bits per heavy atom. The summed E-state index contributed by atoms with van der Waals surface area (Å²) >= 11 is 0.818. The van der Waals surface area contributed by atoms with Crippen LogP contribution in [0.25, 0.3) is 0 Å². The fraction of sp³-hybridized carbons (Fsp3) is 1.00. The Labute approximate surface area is 127 Å². The largest absolute Gasteiger partial charge is 0.852 e. The number of hydrogen-bond donors (Lipinski definition) is 0. The monoisotopic (exact) mass is 280 g/mol. The van der Waals surface area contributed by atoms with E-state index in [9.17, 15) is 5.11 Å². The van der Waals surface area contributed by atoms with E-state index in [1.165, 1.54) is 74.8 Å². The molecule has 0 radical (unpaired) electrons. The second-order valence-electron chi connectivity index (χ2n) is 6.42. The van der Waals surface area contributed by atoms with Gasteiger partial charge in [0.1, 0.15) is 0 Å². The first-order valence-electron chi connectivity index (χ1n) is 8.77. The molecule has 0 aromatic carbocycles. The van der Waals surface area contributed by atoms with Gasteiger partial charge in [0.05, 0.1) is 0 Å². The van der Waals surface area contributed by atoms with Gasteiger partial charge in [-0.25, -0.2) is 0 Å². The summed E-state index contributed by atoms with van der Waals surface area (Å²) in [5.41, 5.74) is 0. The van der Waals surface area contributed by atoms with Gasteiger partial charge in [0.25, 0.3) is 0 Å². The van der Waals surface area contributed by atoms with E-state index in [0.717, 1.165) is 15.2 Å². The third kappa shape index (κ3) is 7.17. The van der Waals surface area contributed by atoms with Gasteiger partial charge in [0.15, 0.2) is 0 Å². The van der Waals surface area contributed by atoms with Crippen LogP contribution in [-0.4, -0.2) is 21.3 Å². The Morgan fingerprint density at radius 2 is 1.32 bits per heavy atom. The van der Waals surface area contributed by atoms with Gasteiger partial charge in [-0.3, -0.25) is 0 Å². The molecule has 0 atom stereocenters. The van der Waals surface area contributed by atoms with Gasteiger partial charge in [-0.15, -0.1) is 6.10 Å². The maximum Gasteiger partial charge on any atom is -0.0515 e. The predicted molar refractivity (Wildman–Crippen MR) is 83.7 cm³/mol. The van der Waals surface area contributed by atoms with Crippen LogP contribution in [0, 0.1) is 11.8 Å². The molecular weight excluding hydrogens is 247 g/mol. The minimum Gasteiger partial charge on any atom is -0.852 e. The Kier molecular flexibility index (Phi) is 10.3. The molecule has 19 heavy (non-hydrogen) atoms. The van der Waals surface area contributed by atoms with E-state index in [4.69, 9.17) is 0 Å². The number of rotatable bonds is 8. The normalized spacial score (nSPS) is 19.2. The topological polar surface area (TPSA) is 23.1 Å². The average Bonchev–Trinajstić information content (AvgIpc) is 2.25. The quantitative estimate of drug-likeness (QED) is 0.476. The van der Waals surface area contributed by atoms with Crippen molar-refractivity contribution in [3.05, 3.63) is 0 Å². The van der Waals surface area contributed by atoms with Crippen molar-refractivity contribution >= 4 is 15.2 Å². The van der Waals surface area contributed by atoms with Crippen LogP contribution < -0.4 is 5.11 Å². The minimum absolute atomic E-state index is 0.178. The predicted octanol–water partition coefficient (Wildman–Crippen LogP) is 4.44. The van der Waals surface area contributed by atoms with Crippen molar-refractivity contribution in [1.29, 1.82) is 0 Å². The van der Waals surface area contributed by atoms with Crippen LogP contribution in [0.5, 0.6) is 0 Å². The average molecular weight is 280 g/mol. The van der Waals surface area contributed by atoms with Crippen LogP contribution >= 0.6 is 0 Å². The summed E-state index contributed by atoms with van der Waals surface area (Å²) in [5, 5.41) is 14.6. The van der Waals surface area contributed by atoms with Crippen LogP contribution in [0.15, 0.2) is 0 Å². The first-order valence-corrected chi connectivity index (χ1v) is 10.4. The minimum atomic E-state index is -0.178. The summed E-state index contributed by atoms with van der Waals surface area (Å²) in [7, 11) is 0. The second-order valence-corrected chi connectivity index (χ2v) is 8.15. The number of hydrogen-bond acceptors (Lipinski definition) is 1. The molecule has 2 aliphatic rings. The van der Waals surface area contributed by atoms with Gasteiger partial charge in [-0.1, -0.05) is 50.4 Å². The van der Waals surface area contributed by atoms with Gasteiger partial charge in [0.2, 0.25) is 0 Å². The van der Waals surface area contributed by atoms with Crippen LogP contribution in [0.3, 0.4) is 0 Å². The Bertz CT molecular complexity index is 179. The van der Waals surface area contributed by atoms with Crippen molar-refractivity contribution in [2.75, 3.05) is 0 Å². The van der Waals surface area contributed by atoms with E-state index in [1.807, 2.05) is 0 Å². The maximum atomic E-state index is 11.5. The summed E-state index contributed by atoms with van der Waals surface area (Å²) in [5.74, 6) is 1.15. The van der Waals surface area contributed by atoms with Gasteiger partial charge < -0.3 is 5.11 Å². The van der Waals surface area contributed by atoms with Crippen molar-refractivity contribution in [1.82, 2.24) is 0 Å². The van der Waals surface area contributed by atoms with Crippen molar-refractivity contribution < 1.29 is 5.11 Å². The molecule has 1 nitrogen and oxygen atoms in total. The van der Waals surface area contributed by atoms with E-state index in [2.05, 4.69) is 13.8 Å². The standard InChI is InChI=1S/C9H15O.2C4H9.Al/c10-9(7-3-1-4-7)8-5-2-6-8;2*1-3-4-2;/h7-9H,1-6H2;2*1,3-4H2,2H3;/q-1;;;+1. The summed E-state index contributed by atoms with van der Waals surface area (Å²) in [6, 6.07) is 0. The van der Waals surface area contributed by atoms with Gasteiger partial charge >= 0.3 is 65.3 Å². The zero-order valence-electron chi connectivity index (χ0n) is 13.2. The zero-order chi connectivity index (χ0) is 13.9. The molecule has 110 valence electrons. The van der Waals surface area contributed by atoms with E-state index in [-0.39, 0.29) is 6.10 Å². The first kappa shape index (κ1) is 17.5. The zero-order valence-corrected chi connectivity index (χ0v) is 14.4. The molecule has 2 rings (SSSR count). The van der Waals surface area contributed by atoms with E-state index >= 15 is 0 Å². The fourth-order valence-corrected chi connectivity index (χ4v) is 4.45. The summed E-state index contributed by atoms with van der Waals surface area (Å²) in [6.45, 7) is 4.55. The molecule has 0 unspecified atom stereocenters. The van der Waals surface area contributed by atoms with Crippen molar-refractivity contribution in [3.63, 3.8) is 0 Å². The van der Waals surface area contributed by atoms with Crippen LogP contribution in [0.1, 0.15) is 78.1 Å². The molecule has 0 aliphatic heterocycles. The van der Waals surface area contributed by atoms with Gasteiger partial charge in [-0.2, -0.15) is 0 Å². The molecule has 0 saturated heterocycles. The SMILES string of the molecule is CCC[CH2][Al+][CH2]CCC.[O-]C(C1CCC1)C1CCC1. The molecule has 0 aromatic rings. The first-order chi connectivity index (χ1) is 9.29. The molecule has 2 aliphatic carbocycles. The third-order valence-electron chi connectivity index (χ3n) is 4.75. The van der Waals surface area contributed by atoms with Crippen molar-refractivity contribution in [3.8, 4) is 0 Å². The molecule has 2 saturated carbocycles. The molecule has 0 amide bonds. The summed E-state index contributed by atoms with van der Waals surface area (Å²) in [6.07, 6.45) is 13.1. The molecule has 2 heteroatoms. The maximum absolute atomic E-state index is 11.5. The fourth-order valence-electron chi connectivity index (χ4n) is 2.76. The van der Waals surface area contributed by atoms with E-state index in [0.29, 0.717) is 11.8 Å². The van der Waals surface area contributed by atoms with Gasteiger partial charge in [0, 0.05) is 0 Å². The van der Waals surface area contributed by atoms with Crippen LogP contribution in [-0.2, 0) is 0 Å². The third-order valence-corrected chi connectivity index (χ3v) is 6.39. The van der Waals surface area contributed by atoms with Gasteiger partial charge in [-0.05, 0) is 0 Å². The van der Waals surface area contributed by atoms with Crippen LogP contribution in [0.2, 0.25) is 10.6 Å². The molecule has 0 N–H and O–H groups in total. The molecule has 0 heterocycles. The van der Waals surface area contributed by atoms with Crippen LogP contribution in [0.4, 0.5) is 0 Å². The van der Waals surface area contributed by atoms with Crippen molar-refractivity contribution in [2.24, 2.45) is 11.8 Å². The Morgan fingerprint density at radius 1 is 0.895 bits per heavy atom. The van der Waals surface area contributed by atoms with E-state index < -0.39 is 0 Å². The molecular formula is C17H33AlO. The summed E-state index contributed by atoms with van der Waals surface area (Å²) < 4.78 is 0. The molecule has 0 aromatic heterocycles. The number of unbranched alkanes of at least 4 members (excludes halogenated alkanes) is 2. The van der Waals surface area contributed by atoms with Crippen molar-refractivity contribution in [2.45, 2.75) is 94.7 Å². The molecule has 0 bridgehead atoms. The molecule has 2 fully saturated rings. The smallest absolute Gasteiger partial charge is 0.0515 e. The summed E-state index contributed by atoms with van der Waals surface area (Å²) in [4.78, 5) is 0. The Balaban J connectivity index is 0.000000192.